The van der Waals surface area contributed by atoms with Crippen molar-refractivity contribution in [2.75, 3.05) is 0 Å². The SMILES string of the molecule is [K+].[K+].[K+].[O-]B([O-])[O-]. The quantitative estimate of drug-likeness (QED) is 0.344. The van der Waals surface area contributed by atoms with Crippen LogP contribution in [-0.2, 0) is 0 Å². The molecule has 0 radical (unpaired) electrons. The second-order valence-corrected chi connectivity index (χ2v) is 0.289. The molecule has 0 aromatic rings. The Hall–Kier alpha value is 4.85. The molecule has 7 heavy (non-hydrogen) atoms. The summed E-state index contributed by atoms with van der Waals surface area (Å²) in [6.07, 6.45) is 0. The fourth-order valence-electron chi connectivity index (χ4n) is 0. The smallest absolute Gasteiger partial charge is 0.907 e. The molecule has 0 saturated carbocycles. The largest absolute Gasteiger partial charge is 1.00 e. The van der Waals surface area contributed by atoms with Gasteiger partial charge in [0, 0.05) is 0 Å². The normalized spacial score (nSPS) is 3.86. The van der Waals surface area contributed by atoms with Gasteiger partial charge in [-0.2, -0.15) is 0 Å². The monoisotopic (exact) mass is 176 g/mol. The average Bonchev–Trinajstić information content (AvgIpc) is 0.811. The molecule has 24 valence electrons. The summed E-state index contributed by atoms with van der Waals surface area (Å²) in [7, 11) is -2.92. The maximum atomic E-state index is 8.42. The Morgan fingerprint density at radius 3 is 0.714 bits per heavy atom. The zero-order chi connectivity index (χ0) is 3.58. The molecule has 0 unspecified atom stereocenters. The molecule has 0 saturated heterocycles. The zero-order valence-corrected chi connectivity index (χ0v) is 14.2. The van der Waals surface area contributed by atoms with Crippen molar-refractivity contribution >= 4 is 7.32 Å². The minimum Gasteiger partial charge on any atom is -0.907 e. The zero-order valence-electron chi connectivity index (χ0n) is 4.80. The molecule has 0 aromatic heterocycles. The van der Waals surface area contributed by atoms with E-state index < -0.39 is 7.32 Å². The van der Waals surface area contributed by atoms with Crippen molar-refractivity contribution in [1.82, 2.24) is 0 Å². The van der Waals surface area contributed by atoms with Gasteiger partial charge < -0.3 is 15.1 Å². The van der Waals surface area contributed by atoms with Crippen molar-refractivity contribution < 1.29 is 169 Å². The number of hydrogen-bond acceptors (Lipinski definition) is 3. The Balaban J connectivity index is -0.0000000150. The molecule has 0 fully saturated rings. The molecule has 0 bridgehead atoms. The van der Waals surface area contributed by atoms with E-state index >= 15 is 0 Å². The van der Waals surface area contributed by atoms with Crippen molar-refractivity contribution in [2.24, 2.45) is 0 Å². The molecule has 0 spiro atoms. The molecule has 7 heteroatoms. The van der Waals surface area contributed by atoms with Gasteiger partial charge in [-0.1, -0.05) is 0 Å². The van der Waals surface area contributed by atoms with Crippen LogP contribution in [0.25, 0.3) is 0 Å². The molecule has 3 nitrogen and oxygen atoms in total. The Kier molecular flexibility index (Phi) is 55.3. The summed E-state index contributed by atoms with van der Waals surface area (Å²) in [6, 6.07) is 0. The standard InChI is InChI=1S/BO3.3K/c2-1(3)4;;;/q-3;3*+1. The van der Waals surface area contributed by atoms with Gasteiger partial charge in [-0.05, 0) is 0 Å². The third-order valence-corrected chi connectivity index (χ3v) is 0. The summed E-state index contributed by atoms with van der Waals surface area (Å²) >= 11 is 0. The number of rotatable bonds is 0. The van der Waals surface area contributed by atoms with E-state index in [2.05, 4.69) is 0 Å². The summed E-state index contributed by atoms with van der Waals surface area (Å²) in [5.74, 6) is 0. The Labute approximate surface area is 170 Å². The first-order valence-corrected chi connectivity index (χ1v) is 0.707. The van der Waals surface area contributed by atoms with Crippen LogP contribution in [0.15, 0.2) is 0 Å². The van der Waals surface area contributed by atoms with Gasteiger partial charge in [0.15, 0.2) is 0 Å². The van der Waals surface area contributed by atoms with E-state index in [1.807, 2.05) is 0 Å². The molecule has 0 N–H and O–H groups in total. The Morgan fingerprint density at radius 2 is 0.714 bits per heavy atom. The van der Waals surface area contributed by atoms with Gasteiger partial charge in [0.1, 0.15) is 0 Å². The second-order valence-electron chi connectivity index (χ2n) is 0.289. The van der Waals surface area contributed by atoms with Crippen LogP contribution in [0, 0.1) is 0 Å². The summed E-state index contributed by atoms with van der Waals surface area (Å²) in [6.45, 7) is 0. The predicted molar refractivity (Wildman–Crippen MR) is 5.75 cm³/mol. The van der Waals surface area contributed by atoms with Gasteiger partial charge in [-0.15, -0.1) is 0 Å². The van der Waals surface area contributed by atoms with Crippen molar-refractivity contribution in [2.45, 2.75) is 0 Å². The van der Waals surface area contributed by atoms with Gasteiger partial charge in [0.25, 0.3) is 0 Å². The van der Waals surface area contributed by atoms with E-state index in [-0.39, 0.29) is 154 Å². The predicted octanol–water partition coefficient (Wildman–Crippen LogP) is -12.9. The first-order chi connectivity index (χ1) is 1.73. The third-order valence-electron chi connectivity index (χ3n) is 0. The Morgan fingerprint density at radius 1 is 0.714 bits per heavy atom. The molecular formula is BK3O3. The van der Waals surface area contributed by atoms with Crippen molar-refractivity contribution in [1.29, 1.82) is 0 Å². The Bertz CT molecular complexity index is 14.9. The van der Waals surface area contributed by atoms with Gasteiger partial charge in [-0.3, -0.25) is 7.32 Å². The van der Waals surface area contributed by atoms with E-state index in [0.29, 0.717) is 0 Å². The van der Waals surface area contributed by atoms with E-state index in [0.717, 1.165) is 0 Å². The van der Waals surface area contributed by atoms with Gasteiger partial charge in [0.2, 0.25) is 0 Å². The molecule has 0 rings (SSSR count). The van der Waals surface area contributed by atoms with Crippen molar-refractivity contribution in [3.05, 3.63) is 0 Å². The van der Waals surface area contributed by atoms with Crippen LogP contribution in [0.1, 0.15) is 0 Å². The number of hydrogen-bond donors (Lipinski definition) is 0. The van der Waals surface area contributed by atoms with Crippen LogP contribution >= 0.6 is 0 Å². The molecule has 0 aliphatic rings. The van der Waals surface area contributed by atoms with E-state index in [4.69, 9.17) is 15.1 Å². The first kappa shape index (κ1) is 22.6. The second kappa shape index (κ2) is 17.1. The minimum absolute atomic E-state index is 0. The van der Waals surface area contributed by atoms with Gasteiger partial charge in [0.05, 0.1) is 0 Å². The van der Waals surface area contributed by atoms with Gasteiger partial charge in [-0.25, -0.2) is 0 Å². The van der Waals surface area contributed by atoms with Crippen LogP contribution in [-0.4, -0.2) is 7.32 Å². The summed E-state index contributed by atoms with van der Waals surface area (Å²) in [4.78, 5) is 0. The van der Waals surface area contributed by atoms with E-state index in [1.165, 1.54) is 0 Å². The molecule has 0 heterocycles. The molecule has 0 amide bonds. The molecule has 0 atom stereocenters. The molecular weight excluding hydrogens is 176 g/mol. The topological polar surface area (TPSA) is 69.2 Å². The van der Waals surface area contributed by atoms with Crippen LogP contribution in [0.2, 0.25) is 0 Å². The van der Waals surface area contributed by atoms with Crippen LogP contribution < -0.4 is 169 Å². The fraction of sp³-hybridized carbons (Fsp3) is 0. The van der Waals surface area contributed by atoms with Crippen molar-refractivity contribution in [3.8, 4) is 0 Å². The summed E-state index contributed by atoms with van der Waals surface area (Å²) in [5, 5.41) is 25.2. The molecule has 0 aliphatic carbocycles. The fourth-order valence-corrected chi connectivity index (χ4v) is 0. The van der Waals surface area contributed by atoms with Crippen LogP contribution in [0.4, 0.5) is 0 Å². The van der Waals surface area contributed by atoms with E-state index in [9.17, 15) is 0 Å². The molecule has 0 aliphatic heterocycles. The maximum absolute atomic E-state index is 8.42. The average molecular weight is 176 g/mol. The van der Waals surface area contributed by atoms with Crippen LogP contribution in [0.5, 0.6) is 0 Å². The van der Waals surface area contributed by atoms with Gasteiger partial charge >= 0.3 is 154 Å². The van der Waals surface area contributed by atoms with Crippen molar-refractivity contribution in [3.63, 3.8) is 0 Å². The maximum Gasteiger partial charge on any atom is 1.00 e. The third kappa shape index (κ3) is 36.1. The van der Waals surface area contributed by atoms with E-state index in [1.54, 1.807) is 0 Å². The minimum atomic E-state index is -2.92. The molecule has 0 aromatic carbocycles. The first-order valence-electron chi connectivity index (χ1n) is 0.707. The summed E-state index contributed by atoms with van der Waals surface area (Å²) < 4.78 is 0. The summed E-state index contributed by atoms with van der Waals surface area (Å²) in [5.41, 5.74) is 0. The van der Waals surface area contributed by atoms with Crippen LogP contribution in [0.3, 0.4) is 0 Å².